The zero-order valence-electron chi connectivity index (χ0n) is 10.9. The van der Waals surface area contributed by atoms with Gasteiger partial charge in [0.15, 0.2) is 0 Å². The molecule has 0 bridgehead atoms. The number of carbonyl (C=O) groups excluding carboxylic acids is 2. The number of thioether (sulfide) groups is 1. The van der Waals surface area contributed by atoms with Gasteiger partial charge < -0.3 is 5.11 Å². The van der Waals surface area contributed by atoms with Gasteiger partial charge in [0, 0.05) is 13.0 Å². The van der Waals surface area contributed by atoms with Gasteiger partial charge in [0.2, 0.25) is 0 Å². The maximum Gasteiger partial charge on any atom is 0.303 e. The molecule has 1 aromatic carbocycles. The third kappa shape index (κ3) is 3.91. The fourth-order valence-corrected chi connectivity index (χ4v) is 2.66. The summed E-state index contributed by atoms with van der Waals surface area (Å²) in [5, 5.41) is 8.14. The molecule has 0 aromatic heterocycles. The van der Waals surface area contributed by atoms with Crippen LogP contribution in [0, 0.1) is 5.82 Å². The molecule has 110 valence electrons. The van der Waals surface area contributed by atoms with Crippen molar-refractivity contribution in [2.24, 2.45) is 0 Å². The van der Waals surface area contributed by atoms with Gasteiger partial charge in [0.1, 0.15) is 5.82 Å². The number of carboxylic acids is 1. The first-order valence-corrected chi connectivity index (χ1v) is 7.02. The first-order valence-electron chi connectivity index (χ1n) is 6.20. The number of halogens is 1. The highest BCUT2D eigenvalue weighted by Gasteiger charge is 2.34. The normalized spacial score (nSPS) is 16.8. The van der Waals surface area contributed by atoms with E-state index in [1.54, 1.807) is 0 Å². The molecule has 0 aliphatic carbocycles. The number of amides is 2. The molecule has 0 atom stereocenters. The SMILES string of the molecule is O=C(O)CCCN1C(=O)S/C(=C\c2ccc(F)cc2)C1=O. The summed E-state index contributed by atoms with van der Waals surface area (Å²) in [5.74, 6) is -1.79. The van der Waals surface area contributed by atoms with Crippen molar-refractivity contribution in [2.75, 3.05) is 6.54 Å². The molecule has 0 radical (unpaired) electrons. The van der Waals surface area contributed by atoms with E-state index in [1.165, 1.54) is 30.3 Å². The lowest BCUT2D eigenvalue weighted by Crippen LogP contribution is -2.29. The molecule has 1 aromatic rings. The van der Waals surface area contributed by atoms with Crippen molar-refractivity contribution in [3.8, 4) is 0 Å². The van der Waals surface area contributed by atoms with Crippen LogP contribution in [-0.2, 0) is 9.59 Å². The summed E-state index contributed by atoms with van der Waals surface area (Å²) in [4.78, 5) is 35.5. The maximum absolute atomic E-state index is 12.8. The van der Waals surface area contributed by atoms with Gasteiger partial charge >= 0.3 is 5.97 Å². The van der Waals surface area contributed by atoms with Crippen molar-refractivity contribution in [1.29, 1.82) is 0 Å². The first kappa shape index (κ1) is 15.2. The second kappa shape index (κ2) is 6.53. The maximum atomic E-state index is 12.8. The number of rotatable bonds is 5. The average molecular weight is 309 g/mol. The molecular weight excluding hydrogens is 297 g/mol. The van der Waals surface area contributed by atoms with Crippen molar-refractivity contribution >= 4 is 35.0 Å². The van der Waals surface area contributed by atoms with Crippen LogP contribution < -0.4 is 0 Å². The highest BCUT2D eigenvalue weighted by atomic mass is 32.2. The highest BCUT2D eigenvalue weighted by molar-refractivity contribution is 8.18. The predicted octanol–water partition coefficient (Wildman–Crippen LogP) is 2.73. The van der Waals surface area contributed by atoms with Crippen LogP contribution in [-0.4, -0.2) is 33.7 Å². The molecule has 7 heteroatoms. The largest absolute Gasteiger partial charge is 0.481 e. The van der Waals surface area contributed by atoms with Crippen LogP contribution in [0.2, 0.25) is 0 Å². The van der Waals surface area contributed by atoms with Gasteiger partial charge in [-0.1, -0.05) is 12.1 Å². The van der Waals surface area contributed by atoms with Crippen molar-refractivity contribution in [1.82, 2.24) is 4.90 Å². The summed E-state index contributed by atoms with van der Waals surface area (Å²) >= 11 is 0.797. The van der Waals surface area contributed by atoms with E-state index in [2.05, 4.69) is 0 Å². The monoisotopic (exact) mass is 309 g/mol. The topological polar surface area (TPSA) is 74.7 Å². The number of aliphatic carboxylic acids is 1. The Morgan fingerprint density at radius 2 is 1.95 bits per heavy atom. The van der Waals surface area contributed by atoms with Gasteiger partial charge in [-0.05, 0) is 42.0 Å². The number of nitrogens with zero attached hydrogens (tertiary/aromatic N) is 1. The second-order valence-electron chi connectivity index (χ2n) is 4.38. The Morgan fingerprint density at radius 1 is 1.29 bits per heavy atom. The van der Waals surface area contributed by atoms with E-state index in [9.17, 15) is 18.8 Å². The van der Waals surface area contributed by atoms with Gasteiger partial charge in [-0.15, -0.1) is 0 Å². The van der Waals surface area contributed by atoms with Gasteiger partial charge in [-0.3, -0.25) is 19.3 Å². The lowest BCUT2D eigenvalue weighted by Gasteiger charge is -2.10. The molecule has 2 amide bonds. The van der Waals surface area contributed by atoms with Crippen LogP contribution in [0.3, 0.4) is 0 Å². The van der Waals surface area contributed by atoms with E-state index >= 15 is 0 Å². The molecule has 1 aliphatic heterocycles. The predicted molar refractivity (Wildman–Crippen MR) is 75.9 cm³/mol. The molecule has 5 nitrogen and oxygen atoms in total. The minimum Gasteiger partial charge on any atom is -0.481 e. The summed E-state index contributed by atoms with van der Waals surface area (Å²) in [6.45, 7) is 0.0811. The molecule has 1 fully saturated rings. The molecule has 21 heavy (non-hydrogen) atoms. The molecule has 0 spiro atoms. The number of carbonyl (C=O) groups is 3. The Balaban J connectivity index is 2.06. The minimum atomic E-state index is -0.969. The summed E-state index contributed by atoms with van der Waals surface area (Å²) in [7, 11) is 0. The molecule has 0 unspecified atom stereocenters. The standard InChI is InChI=1S/C14H12FNO4S/c15-10-5-3-9(4-6-10)8-11-13(19)16(14(20)21-11)7-1-2-12(17)18/h3-6,8H,1-2,7H2,(H,17,18)/b11-8-. The van der Waals surface area contributed by atoms with Crippen LogP contribution in [0.4, 0.5) is 9.18 Å². The Hall–Kier alpha value is -2.15. The van der Waals surface area contributed by atoms with Gasteiger partial charge in [-0.2, -0.15) is 0 Å². The quantitative estimate of drug-likeness (QED) is 0.846. The third-order valence-electron chi connectivity index (χ3n) is 2.81. The zero-order chi connectivity index (χ0) is 15.4. The van der Waals surface area contributed by atoms with E-state index in [0.717, 1.165) is 16.7 Å². The van der Waals surface area contributed by atoms with Gasteiger partial charge in [-0.25, -0.2) is 4.39 Å². The Labute approximate surface area is 124 Å². The van der Waals surface area contributed by atoms with Crippen LogP contribution >= 0.6 is 11.8 Å². The Morgan fingerprint density at radius 3 is 2.57 bits per heavy atom. The lowest BCUT2D eigenvalue weighted by molar-refractivity contribution is -0.137. The summed E-state index contributed by atoms with van der Waals surface area (Å²) in [6, 6.07) is 5.55. The van der Waals surface area contributed by atoms with Crippen LogP contribution in [0.5, 0.6) is 0 Å². The smallest absolute Gasteiger partial charge is 0.303 e. The lowest BCUT2D eigenvalue weighted by atomic mass is 10.2. The molecule has 2 rings (SSSR count). The van der Waals surface area contributed by atoms with Crippen molar-refractivity contribution in [3.05, 3.63) is 40.6 Å². The highest BCUT2D eigenvalue weighted by Crippen LogP contribution is 2.32. The van der Waals surface area contributed by atoms with Crippen molar-refractivity contribution in [2.45, 2.75) is 12.8 Å². The average Bonchev–Trinajstić information content (AvgIpc) is 2.68. The van der Waals surface area contributed by atoms with E-state index < -0.39 is 17.1 Å². The number of hydrogen-bond acceptors (Lipinski definition) is 4. The van der Waals surface area contributed by atoms with Gasteiger partial charge in [0.25, 0.3) is 11.1 Å². The molecular formula is C14H12FNO4S. The minimum absolute atomic E-state index is 0.0811. The molecule has 1 N–H and O–H groups in total. The summed E-state index contributed by atoms with van der Waals surface area (Å²) in [5.41, 5.74) is 0.618. The van der Waals surface area contributed by atoms with Crippen LogP contribution in [0.15, 0.2) is 29.2 Å². The fourth-order valence-electron chi connectivity index (χ4n) is 1.79. The van der Waals surface area contributed by atoms with Gasteiger partial charge in [0.05, 0.1) is 4.91 Å². The number of carboxylic acid groups (broad SMARTS) is 1. The molecule has 1 heterocycles. The van der Waals surface area contributed by atoms with Crippen LogP contribution in [0.1, 0.15) is 18.4 Å². The Kier molecular flexibility index (Phi) is 4.74. The third-order valence-corrected chi connectivity index (χ3v) is 3.72. The summed E-state index contributed by atoms with van der Waals surface area (Å²) in [6.07, 6.45) is 1.64. The number of hydrogen-bond donors (Lipinski definition) is 1. The van der Waals surface area contributed by atoms with Crippen LogP contribution in [0.25, 0.3) is 6.08 Å². The molecule has 1 saturated heterocycles. The van der Waals surface area contributed by atoms with E-state index in [1.807, 2.05) is 0 Å². The Bertz CT molecular complexity index is 612. The summed E-state index contributed by atoms with van der Waals surface area (Å²) < 4.78 is 12.8. The first-order chi connectivity index (χ1) is 9.97. The number of imide groups is 1. The van der Waals surface area contributed by atoms with E-state index in [4.69, 9.17) is 5.11 Å². The van der Waals surface area contributed by atoms with Crippen molar-refractivity contribution < 1.29 is 23.9 Å². The molecule has 0 saturated carbocycles. The zero-order valence-corrected chi connectivity index (χ0v) is 11.7. The van der Waals surface area contributed by atoms with E-state index in [0.29, 0.717) is 5.56 Å². The molecule has 1 aliphatic rings. The van der Waals surface area contributed by atoms with E-state index in [-0.39, 0.29) is 30.1 Å². The number of benzene rings is 1. The second-order valence-corrected chi connectivity index (χ2v) is 5.38. The fraction of sp³-hybridized carbons (Fsp3) is 0.214. The van der Waals surface area contributed by atoms with Crippen molar-refractivity contribution in [3.63, 3.8) is 0 Å².